The molecule has 15 heavy (non-hydrogen) atoms. The molecule has 0 fully saturated rings. The largest absolute Gasteiger partial charge is 0.496 e. The highest BCUT2D eigenvalue weighted by atomic mass is 16.5. The summed E-state index contributed by atoms with van der Waals surface area (Å²) in [4.78, 5) is 1.87. The van der Waals surface area contributed by atoms with Crippen molar-refractivity contribution in [2.75, 3.05) is 21.2 Å². The lowest BCUT2D eigenvalue weighted by Crippen LogP contribution is -2.19. The minimum absolute atomic E-state index is 0.264. The molecule has 0 aliphatic heterocycles. The fourth-order valence-electron chi connectivity index (χ4n) is 1.53. The molecule has 0 aromatic heterocycles. The summed E-state index contributed by atoms with van der Waals surface area (Å²) in [6.07, 6.45) is 0. The number of hydrogen-bond donors (Lipinski definition) is 0. The van der Waals surface area contributed by atoms with Crippen LogP contribution in [-0.4, -0.2) is 26.1 Å². The molecule has 0 bridgehead atoms. The first-order chi connectivity index (χ1) is 7.10. The number of methoxy groups -OCH3 is 1. The van der Waals surface area contributed by atoms with Crippen LogP contribution in [0.1, 0.15) is 17.2 Å². The molecule has 0 amide bonds. The molecule has 0 radical (unpaired) electrons. The van der Waals surface area contributed by atoms with Gasteiger partial charge in [-0.15, -0.1) is 0 Å². The second-order valence-corrected chi connectivity index (χ2v) is 3.74. The van der Waals surface area contributed by atoms with Crippen molar-refractivity contribution in [1.82, 2.24) is 4.90 Å². The van der Waals surface area contributed by atoms with Gasteiger partial charge in [0.05, 0.1) is 13.2 Å². The standard InChI is InChI=1S/C12H16N2O/c1-9-5-6-12(15-4)10(7-9)11(8-13)14(2)3/h5-7,11H,1-4H3. The summed E-state index contributed by atoms with van der Waals surface area (Å²) in [7, 11) is 5.39. The van der Waals surface area contributed by atoms with Crippen LogP contribution in [-0.2, 0) is 0 Å². The van der Waals surface area contributed by atoms with Crippen molar-refractivity contribution in [3.05, 3.63) is 29.3 Å². The highest BCUT2D eigenvalue weighted by molar-refractivity contribution is 5.41. The van der Waals surface area contributed by atoms with Gasteiger partial charge < -0.3 is 4.74 Å². The van der Waals surface area contributed by atoms with Gasteiger partial charge in [-0.3, -0.25) is 4.90 Å². The Balaban J connectivity index is 3.21. The van der Waals surface area contributed by atoms with E-state index in [2.05, 4.69) is 6.07 Å². The number of rotatable bonds is 3. The highest BCUT2D eigenvalue weighted by Gasteiger charge is 2.17. The Bertz CT molecular complexity index is 380. The minimum Gasteiger partial charge on any atom is -0.496 e. The normalized spacial score (nSPS) is 12.3. The van der Waals surface area contributed by atoms with Crippen LogP contribution in [0.5, 0.6) is 5.75 Å². The molecule has 3 nitrogen and oxygen atoms in total. The molecule has 0 spiro atoms. The SMILES string of the molecule is COc1ccc(C)cc1C(C#N)N(C)C. The molecule has 1 unspecified atom stereocenters. The zero-order valence-electron chi connectivity index (χ0n) is 9.61. The zero-order chi connectivity index (χ0) is 11.4. The number of hydrogen-bond acceptors (Lipinski definition) is 3. The third-order valence-corrected chi connectivity index (χ3v) is 2.32. The van der Waals surface area contributed by atoms with Crippen LogP contribution < -0.4 is 4.74 Å². The lowest BCUT2D eigenvalue weighted by atomic mass is 10.0. The third kappa shape index (κ3) is 2.48. The van der Waals surface area contributed by atoms with Crippen LogP contribution in [0.2, 0.25) is 0 Å². The van der Waals surface area contributed by atoms with Crippen molar-refractivity contribution in [3.63, 3.8) is 0 Å². The van der Waals surface area contributed by atoms with Gasteiger partial charge in [0.1, 0.15) is 11.8 Å². The molecule has 0 saturated carbocycles. The van der Waals surface area contributed by atoms with Crippen LogP contribution in [0.4, 0.5) is 0 Å². The quantitative estimate of drug-likeness (QED) is 0.756. The molecule has 1 aromatic carbocycles. The van der Waals surface area contributed by atoms with Crippen molar-refractivity contribution >= 4 is 0 Å². The molecule has 1 aromatic rings. The Morgan fingerprint density at radius 2 is 2.07 bits per heavy atom. The summed E-state index contributed by atoms with van der Waals surface area (Å²) in [5.74, 6) is 0.765. The maximum atomic E-state index is 9.11. The third-order valence-electron chi connectivity index (χ3n) is 2.32. The molecular formula is C12H16N2O. The van der Waals surface area contributed by atoms with Gasteiger partial charge >= 0.3 is 0 Å². The van der Waals surface area contributed by atoms with E-state index < -0.39 is 0 Å². The molecule has 0 saturated heterocycles. The van der Waals surface area contributed by atoms with Gasteiger partial charge in [0, 0.05) is 5.56 Å². The van der Waals surface area contributed by atoms with Crippen LogP contribution in [0.3, 0.4) is 0 Å². The number of nitriles is 1. The minimum atomic E-state index is -0.264. The summed E-state index contributed by atoms with van der Waals surface area (Å²) >= 11 is 0. The van der Waals surface area contributed by atoms with Crippen LogP contribution in [0.25, 0.3) is 0 Å². The van der Waals surface area contributed by atoms with Crippen LogP contribution in [0.15, 0.2) is 18.2 Å². The molecule has 0 N–H and O–H groups in total. The van der Waals surface area contributed by atoms with E-state index in [0.717, 1.165) is 16.9 Å². The van der Waals surface area contributed by atoms with Crippen molar-refractivity contribution in [3.8, 4) is 11.8 Å². The number of benzene rings is 1. The smallest absolute Gasteiger partial charge is 0.126 e. The summed E-state index contributed by atoms with van der Waals surface area (Å²) in [6.45, 7) is 2.01. The van der Waals surface area contributed by atoms with Gasteiger partial charge in [0.2, 0.25) is 0 Å². The van der Waals surface area contributed by atoms with E-state index in [4.69, 9.17) is 10.00 Å². The van der Waals surface area contributed by atoms with Gasteiger partial charge in [-0.1, -0.05) is 11.6 Å². The summed E-state index contributed by atoms with van der Waals surface area (Å²) in [6, 6.07) is 7.87. The average molecular weight is 204 g/mol. The molecule has 3 heteroatoms. The molecule has 0 heterocycles. The van der Waals surface area contributed by atoms with Crippen molar-refractivity contribution in [2.45, 2.75) is 13.0 Å². The fraction of sp³-hybridized carbons (Fsp3) is 0.417. The van der Waals surface area contributed by atoms with E-state index in [-0.39, 0.29) is 6.04 Å². The van der Waals surface area contributed by atoms with Gasteiger partial charge in [-0.05, 0) is 33.2 Å². The first-order valence-electron chi connectivity index (χ1n) is 4.80. The van der Waals surface area contributed by atoms with Crippen molar-refractivity contribution in [1.29, 1.82) is 5.26 Å². The van der Waals surface area contributed by atoms with E-state index >= 15 is 0 Å². The second-order valence-electron chi connectivity index (χ2n) is 3.74. The number of aryl methyl sites for hydroxylation is 1. The van der Waals surface area contributed by atoms with Crippen molar-refractivity contribution in [2.24, 2.45) is 0 Å². The van der Waals surface area contributed by atoms with Gasteiger partial charge in [-0.25, -0.2) is 0 Å². The van der Waals surface area contributed by atoms with Crippen molar-refractivity contribution < 1.29 is 4.74 Å². The Morgan fingerprint density at radius 1 is 1.40 bits per heavy atom. The molecule has 0 aliphatic rings. The second kappa shape index (κ2) is 4.81. The fourth-order valence-corrected chi connectivity index (χ4v) is 1.53. The van der Waals surface area contributed by atoms with Gasteiger partial charge in [-0.2, -0.15) is 5.26 Å². The van der Waals surface area contributed by atoms with Crippen LogP contribution in [0, 0.1) is 18.3 Å². The number of ether oxygens (including phenoxy) is 1. The predicted octanol–water partition coefficient (Wildman–Crippen LogP) is 2.13. The Hall–Kier alpha value is -1.53. The van der Waals surface area contributed by atoms with E-state index in [1.165, 1.54) is 0 Å². The Kier molecular flexibility index (Phi) is 3.70. The zero-order valence-corrected chi connectivity index (χ0v) is 9.61. The molecule has 0 aliphatic carbocycles. The molecule has 80 valence electrons. The monoisotopic (exact) mass is 204 g/mol. The first kappa shape index (κ1) is 11.5. The maximum absolute atomic E-state index is 9.11. The Labute approximate surface area is 90.9 Å². The molecular weight excluding hydrogens is 188 g/mol. The topological polar surface area (TPSA) is 36.3 Å². The molecule has 1 rings (SSSR count). The summed E-state index contributed by atoms with van der Waals surface area (Å²) < 4.78 is 5.26. The lowest BCUT2D eigenvalue weighted by Gasteiger charge is -2.20. The summed E-state index contributed by atoms with van der Waals surface area (Å²) in [5, 5.41) is 9.11. The van der Waals surface area contributed by atoms with E-state index in [1.54, 1.807) is 7.11 Å². The summed E-state index contributed by atoms with van der Waals surface area (Å²) in [5.41, 5.74) is 2.05. The van der Waals surface area contributed by atoms with E-state index in [1.807, 2.05) is 44.1 Å². The van der Waals surface area contributed by atoms with Gasteiger partial charge in [0.15, 0.2) is 0 Å². The Morgan fingerprint density at radius 3 is 2.53 bits per heavy atom. The first-order valence-corrected chi connectivity index (χ1v) is 4.80. The van der Waals surface area contributed by atoms with Crippen LogP contribution >= 0.6 is 0 Å². The van der Waals surface area contributed by atoms with E-state index in [9.17, 15) is 0 Å². The maximum Gasteiger partial charge on any atom is 0.126 e. The molecule has 1 atom stereocenters. The van der Waals surface area contributed by atoms with Gasteiger partial charge in [0.25, 0.3) is 0 Å². The average Bonchev–Trinajstić information content (AvgIpc) is 2.18. The van der Waals surface area contributed by atoms with E-state index in [0.29, 0.717) is 0 Å². The highest BCUT2D eigenvalue weighted by Crippen LogP contribution is 2.28. The number of nitrogens with zero attached hydrogens (tertiary/aromatic N) is 2. The lowest BCUT2D eigenvalue weighted by molar-refractivity contribution is 0.340. The predicted molar refractivity (Wildman–Crippen MR) is 59.8 cm³/mol.